The summed E-state index contributed by atoms with van der Waals surface area (Å²) in [7, 11) is 0. The summed E-state index contributed by atoms with van der Waals surface area (Å²) in [6, 6.07) is 11.1. The summed E-state index contributed by atoms with van der Waals surface area (Å²) in [5.41, 5.74) is 5.80. The van der Waals surface area contributed by atoms with Crippen molar-refractivity contribution >= 4 is 17.3 Å². The first-order chi connectivity index (χ1) is 10.7. The summed E-state index contributed by atoms with van der Waals surface area (Å²) >= 11 is 0. The second-order valence-electron chi connectivity index (χ2n) is 4.83. The molecule has 22 heavy (non-hydrogen) atoms. The lowest BCUT2D eigenvalue weighted by atomic mass is 10.3. The number of carbonyl (C=O) groups is 1. The molecule has 0 radical (unpaired) electrons. The third-order valence-corrected chi connectivity index (χ3v) is 3.28. The lowest BCUT2D eigenvalue weighted by molar-refractivity contribution is 0.0948. The van der Waals surface area contributed by atoms with E-state index in [9.17, 15) is 4.79 Å². The predicted octanol–water partition coefficient (Wildman–Crippen LogP) is 2.19. The Balaban J connectivity index is 1.87. The number of hydrogen-bond acceptors (Lipinski definition) is 4. The molecule has 0 aliphatic heterocycles. The molecule has 0 aliphatic rings. The molecule has 0 saturated heterocycles. The molecule has 3 heterocycles. The van der Waals surface area contributed by atoms with Crippen LogP contribution in [-0.2, 0) is 0 Å². The molecule has 0 bridgehead atoms. The van der Waals surface area contributed by atoms with Gasteiger partial charge in [0, 0.05) is 12.4 Å². The van der Waals surface area contributed by atoms with Crippen LogP contribution >= 0.6 is 0 Å². The van der Waals surface area contributed by atoms with E-state index in [1.54, 1.807) is 30.6 Å². The van der Waals surface area contributed by atoms with Gasteiger partial charge in [-0.2, -0.15) is 5.10 Å². The molecular weight excluding hydrogens is 278 g/mol. The van der Waals surface area contributed by atoms with Crippen molar-refractivity contribution in [1.29, 1.82) is 0 Å². The first-order valence-corrected chi connectivity index (χ1v) is 6.86. The van der Waals surface area contributed by atoms with Crippen molar-refractivity contribution in [1.82, 2.24) is 19.8 Å². The number of carbonyl (C=O) groups excluding carboxylic acids is 1. The van der Waals surface area contributed by atoms with Gasteiger partial charge in [0.05, 0.1) is 17.1 Å². The van der Waals surface area contributed by atoms with E-state index in [0.29, 0.717) is 17.1 Å². The van der Waals surface area contributed by atoms with Crippen LogP contribution in [0, 0.1) is 6.92 Å². The van der Waals surface area contributed by atoms with E-state index in [4.69, 9.17) is 0 Å². The van der Waals surface area contributed by atoms with Gasteiger partial charge in [0.25, 0.3) is 5.91 Å². The number of hydrazone groups is 1. The number of nitrogens with one attached hydrogen (secondary N) is 1. The molecule has 110 valence electrons. The maximum Gasteiger partial charge on any atom is 0.290 e. The lowest BCUT2D eigenvalue weighted by Crippen LogP contribution is -2.22. The Morgan fingerprint density at radius 1 is 1.23 bits per heavy atom. The number of aromatic nitrogens is 3. The lowest BCUT2D eigenvalue weighted by Gasteiger charge is -2.03. The van der Waals surface area contributed by atoms with Gasteiger partial charge in [-0.1, -0.05) is 12.1 Å². The van der Waals surface area contributed by atoms with Gasteiger partial charge in [-0.25, -0.2) is 10.4 Å². The van der Waals surface area contributed by atoms with E-state index >= 15 is 0 Å². The number of hydrogen-bond donors (Lipinski definition) is 1. The van der Waals surface area contributed by atoms with E-state index in [2.05, 4.69) is 20.5 Å². The fourth-order valence-corrected chi connectivity index (χ4v) is 2.21. The maximum absolute atomic E-state index is 12.4. The number of aryl methyl sites for hydroxylation is 1. The van der Waals surface area contributed by atoms with Gasteiger partial charge in [-0.05, 0) is 38.1 Å². The molecule has 3 rings (SSSR count). The second-order valence-corrected chi connectivity index (χ2v) is 4.83. The minimum Gasteiger partial charge on any atom is -0.295 e. The largest absolute Gasteiger partial charge is 0.295 e. The zero-order chi connectivity index (χ0) is 15.5. The summed E-state index contributed by atoms with van der Waals surface area (Å²) in [6.45, 7) is 3.60. The molecule has 6 nitrogen and oxygen atoms in total. The van der Waals surface area contributed by atoms with E-state index in [1.807, 2.05) is 36.4 Å². The summed E-state index contributed by atoms with van der Waals surface area (Å²) in [4.78, 5) is 20.9. The van der Waals surface area contributed by atoms with Crippen LogP contribution in [-0.4, -0.2) is 26.0 Å². The topological polar surface area (TPSA) is 71.7 Å². The van der Waals surface area contributed by atoms with E-state index in [-0.39, 0.29) is 5.91 Å². The molecule has 3 aromatic heterocycles. The number of nitrogens with zero attached hydrogens (tertiary/aromatic N) is 4. The number of pyridine rings is 2. The van der Waals surface area contributed by atoms with Crippen molar-refractivity contribution in [2.24, 2.45) is 5.10 Å². The maximum atomic E-state index is 12.4. The van der Waals surface area contributed by atoms with Gasteiger partial charge in [0.2, 0.25) is 0 Å². The van der Waals surface area contributed by atoms with Gasteiger partial charge in [-0.3, -0.25) is 14.2 Å². The Hall–Kier alpha value is -3.02. The van der Waals surface area contributed by atoms with Gasteiger partial charge < -0.3 is 0 Å². The Morgan fingerprint density at radius 2 is 2.05 bits per heavy atom. The molecule has 0 aromatic carbocycles. The molecule has 0 aliphatic carbocycles. The zero-order valence-electron chi connectivity index (χ0n) is 12.3. The Labute approximate surface area is 127 Å². The summed E-state index contributed by atoms with van der Waals surface area (Å²) in [5.74, 6) is -0.300. The van der Waals surface area contributed by atoms with Crippen LogP contribution in [0.5, 0.6) is 0 Å². The molecule has 0 saturated carbocycles. The average molecular weight is 293 g/mol. The molecule has 1 amide bonds. The van der Waals surface area contributed by atoms with Crippen LogP contribution in [0.3, 0.4) is 0 Å². The first kappa shape index (κ1) is 13.9. The fourth-order valence-electron chi connectivity index (χ4n) is 2.21. The van der Waals surface area contributed by atoms with Gasteiger partial charge in [0.15, 0.2) is 0 Å². The minimum atomic E-state index is -0.300. The van der Waals surface area contributed by atoms with Crippen LogP contribution in [0.25, 0.3) is 5.65 Å². The van der Waals surface area contributed by atoms with Crippen molar-refractivity contribution in [3.05, 3.63) is 65.9 Å². The molecule has 0 fully saturated rings. The Morgan fingerprint density at radius 3 is 2.82 bits per heavy atom. The fraction of sp³-hybridized carbons (Fsp3) is 0.125. The van der Waals surface area contributed by atoms with Crippen molar-refractivity contribution in [3.63, 3.8) is 0 Å². The minimum absolute atomic E-state index is 0.300. The van der Waals surface area contributed by atoms with Crippen LogP contribution < -0.4 is 5.43 Å². The molecule has 0 spiro atoms. The van der Waals surface area contributed by atoms with Crippen LogP contribution in [0.2, 0.25) is 0 Å². The highest BCUT2D eigenvalue weighted by Crippen LogP contribution is 2.11. The predicted molar refractivity (Wildman–Crippen MR) is 83.8 cm³/mol. The molecule has 0 unspecified atom stereocenters. The van der Waals surface area contributed by atoms with Crippen LogP contribution in [0.1, 0.15) is 28.8 Å². The monoisotopic (exact) mass is 293 g/mol. The second kappa shape index (κ2) is 5.77. The van der Waals surface area contributed by atoms with Gasteiger partial charge >= 0.3 is 0 Å². The van der Waals surface area contributed by atoms with E-state index in [0.717, 1.165) is 11.3 Å². The summed E-state index contributed by atoms with van der Waals surface area (Å²) in [6.07, 6.45) is 3.49. The van der Waals surface area contributed by atoms with E-state index in [1.165, 1.54) is 0 Å². The van der Waals surface area contributed by atoms with Crippen molar-refractivity contribution < 1.29 is 4.79 Å². The van der Waals surface area contributed by atoms with Crippen LogP contribution in [0.4, 0.5) is 0 Å². The molecule has 6 heteroatoms. The molecular formula is C16H15N5O. The third kappa shape index (κ3) is 2.58. The molecule has 3 aromatic rings. The highest BCUT2D eigenvalue weighted by atomic mass is 16.2. The highest BCUT2D eigenvalue weighted by Gasteiger charge is 2.15. The Kier molecular flexibility index (Phi) is 3.65. The molecule has 0 atom stereocenters. The standard InChI is InChI=1S/C16H15N5O/c1-11(13-7-3-5-9-17-13)19-20-16(22)15-12(2)18-14-8-4-6-10-21(14)15/h3-10H,1-2H3,(H,20,22)/b19-11+. The quantitative estimate of drug-likeness (QED) is 0.594. The molecule has 1 N–H and O–H groups in total. The number of imidazole rings is 1. The highest BCUT2D eigenvalue weighted by molar-refractivity contribution is 5.99. The van der Waals surface area contributed by atoms with Gasteiger partial charge in [0.1, 0.15) is 11.3 Å². The third-order valence-electron chi connectivity index (χ3n) is 3.28. The van der Waals surface area contributed by atoms with Crippen molar-refractivity contribution in [2.75, 3.05) is 0 Å². The van der Waals surface area contributed by atoms with Crippen molar-refractivity contribution in [2.45, 2.75) is 13.8 Å². The van der Waals surface area contributed by atoms with Crippen molar-refractivity contribution in [3.8, 4) is 0 Å². The van der Waals surface area contributed by atoms with E-state index < -0.39 is 0 Å². The smallest absolute Gasteiger partial charge is 0.290 e. The zero-order valence-corrected chi connectivity index (χ0v) is 12.3. The average Bonchev–Trinajstić information content (AvgIpc) is 2.89. The number of fused-ring (bicyclic) bond motifs is 1. The van der Waals surface area contributed by atoms with Gasteiger partial charge in [-0.15, -0.1) is 0 Å². The Bertz CT molecular complexity index is 851. The first-order valence-electron chi connectivity index (χ1n) is 6.86. The summed E-state index contributed by atoms with van der Waals surface area (Å²) in [5, 5.41) is 4.11. The van der Waals surface area contributed by atoms with Crippen LogP contribution in [0.15, 0.2) is 53.9 Å². The SMILES string of the molecule is C/C(=N\NC(=O)c1c(C)nc2ccccn12)c1ccccn1. The normalized spacial score (nSPS) is 11.6. The summed E-state index contributed by atoms with van der Waals surface area (Å²) < 4.78 is 1.75. The number of amides is 1. The number of rotatable bonds is 3.